The van der Waals surface area contributed by atoms with E-state index in [-0.39, 0.29) is 22.0 Å². The highest BCUT2D eigenvalue weighted by Gasteiger charge is 2.09. The van der Waals surface area contributed by atoms with Gasteiger partial charge in [0.1, 0.15) is 11.4 Å². The quantitative estimate of drug-likeness (QED) is 0.255. The lowest BCUT2D eigenvalue weighted by Crippen LogP contribution is -1.93. The van der Waals surface area contributed by atoms with Crippen molar-refractivity contribution >= 4 is 29.2 Å². The van der Waals surface area contributed by atoms with E-state index in [2.05, 4.69) is 0 Å². The van der Waals surface area contributed by atoms with E-state index in [9.17, 15) is 20.2 Å². The Balaban J connectivity index is 0.000000269. The second kappa shape index (κ2) is 11.0. The number of hydrogen-bond donors (Lipinski definition) is 1. The van der Waals surface area contributed by atoms with Gasteiger partial charge in [-0.2, -0.15) is 0 Å². The van der Waals surface area contributed by atoms with Crippen LogP contribution in [-0.2, 0) is 0 Å². The maximum atomic E-state index is 10.9. The van der Waals surface area contributed by atoms with Crippen LogP contribution >= 0.6 is 0 Å². The molecule has 8 heteroatoms. The zero-order chi connectivity index (χ0) is 21.9. The first-order valence-corrected chi connectivity index (χ1v) is 9.06. The molecule has 0 saturated heterocycles. The third-order valence-corrected chi connectivity index (χ3v) is 3.93. The molecule has 0 fully saturated rings. The van der Waals surface area contributed by atoms with Gasteiger partial charge in [-0.25, -0.2) is 0 Å². The summed E-state index contributed by atoms with van der Waals surface area (Å²) in [5.74, 6) is 0.768. The molecule has 3 rings (SSSR count). The second-order valence-electron chi connectivity index (χ2n) is 5.94. The van der Waals surface area contributed by atoms with E-state index in [1.807, 2.05) is 37.3 Å². The van der Waals surface area contributed by atoms with Crippen LogP contribution in [0.1, 0.15) is 18.1 Å². The number of anilines is 1. The molecule has 0 amide bonds. The minimum absolute atomic E-state index is 0.0394. The summed E-state index contributed by atoms with van der Waals surface area (Å²) in [4.78, 5) is 20.2. The van der Waals surface area contributed by atoms with E-state index < -0.39 is 4.92 Å². The van der Waals surface area contributed by atoms with Gasteiger partial charge in [-0.3, -0.25) is 20.2 Å². The summed E-state index contributed by atoms with van der Waals surface area (Å²) in [7, 11) is 0. The largest absolute Gasteiger partial charge is 0.493 e. The predicted molar refractivity (Wildman–Crippen MR) is 117 cm³/mol. The summed E-state index contributed by atoms with van der Waals surface area (Å²) < 4.78 is 5.52. The van der Waals surface area contributed by atoms with Crippen molar-refractivity contribution in [1.29, 1.82) is 0 Å². The summed E-state index contributed by atoms with van der Waals surface area (Å²) >= 11 is 0. The van der Waals surface area contributed by atoms with Gasteiger partial charge in [0.05, 0.1) is 22.0 Å². The van der Waals surface area contributed by atoms with Crippen molar-refractivity contribution in [2.45, 2.75) is 6.92 Å². The van der Waals surface area contributed by atoms with E-state index >= 15 is 0 Å². The molecule has 0 aromatic heterocycles. The first-order valence-electron chi connectivity index (χ1n) is 9.06. The molecule has 0 aliphatic rings. The van der Waals surface area contributed by atoms with E-state index in [0.29, 0.717) is 12.2 Å². The van der Waals surface area contributed by atoms with E-state index in [4.69, 9.17) is 10.5 Å². The summed E-state index contributed by atoms with van der Waals surface area (Å²) in [6.07, 6.45) is 3.56. The van der Waals surface area contributed by atoms with E-state index in [0.717, 1.165) is 11.3 Å². The lowest BCUT2D eigenvalue weighted by Gasteiger charge is -2.06. The van der Waals surface area contributed by atoms with Gasteiger partial charge in [0, 0.05) is 17.7 Å². The van der Waals surface area contributed by atoms with Crippen molar-refractivity contribution in [2.75, 3.05) is 12.3 Å². The van der Waals surface area contributed by atoms with Gasteiger partial charge in [-0.05, 0) is 31.2 Å². The van der Waals surface area contributed by atoms with Crippen molar-refractivity contribution in [3.8, 4) is 5.75 Å². The Kier molecular flexibility index (Phi) is 8.07. The number of hydrogen-bond acceptors (Lipinski definition) is 6. The molecule has 0 aliphatic carbocycles. The minimum Gasteiger partial charge on any atom is -0.493 e. The Bertz CT molecular complexity index is 1050. The zero-order valence-electron chi connectivity index (χ0n) is 16.3. The average Bonchev–Trinajstić information content (AvgIpc) is 2.74. The molecule has 0 unspecified atom stereocenters. The lowest BCUT2D eigenvalue weighted by molar-refractivity contribution is -0.385. The first-order chi connectivity index (χ1) is 14.4. The van der Waals surface area contributed by atoms with Crippen molar-refractivity contribution in [3.05, 3.63) is 104 Å². The first kappa shape index (κ1) is 22.1. The molecule has 0 spiro atoms. The highest BCUT2D eigenvalue weighted by Crippen LogP contribution is 2.24. The predicted octanol–water partition coefficient (Wildman–Crippen LogP) is 5.34. The Morgan fingerprint density at radius 2 is 1.30 bits per heavy atom. The number of nitrogen functional groups attached to an aromatic ring is 1. The van der Waals surface area contributed by atoms with Gasteiger partial charge in [0.15, 0.2) is 0 Å². The lowest BCUT2D eigenvalue weighted by atomic mass is 10.1. The third kappa shape index (κ3) is 6.16. The van der Waals surface area contributed by atoms with Crippen molar-refractivity contribution in [3.63, 3.8) is 0 Å². The standard InChI is InChI=1S/C16H15NO3.C6H6N2O2/c1-2-20-16-10-6-4-8-14(16)12-11-13-7-3-5-9-15(13)17(18)19;7-5-3-1-2-4-6(5)8(9)10/h3-12H,2H2,1H3;1-4H,7H2/b12-11+;. The number of para-hydroxylation sites is 4. The molecular weight excluding hydrogens is 386 g/mol. The van der Waals surface area contributed by atoms with Crippen LogP contribution in [0.15, 0.2) is 72.8 Å². The molecule has 0 bridgehead atoms. The van der Waals surface area contributed by atoms with Crippen molar-refractivity contribution in [2.24, 2.45) is 0 Å². The second-order valence-corrected chi connectivity index (χ2v) is 5.94. The van der Waals surface area contributed by atoms with Gasteiger partial charge < -0.3 is 10.5 Å². The molecular formula is C22H21N3O5. The Morgan fingerprint density at radius 1 is 0.800 bits per heavy atom. The molecule has 3 aromatic rings. The Hall–Kier alpha value is -4.20. The molecule has 30 heavy (non-hydrogen) atoms. The number of rotatable bonds is 6. The smallest absolute Gasteiger partial charge is 0.292 e. The van der Waals surface area contributed by atoms with Gasteiger partial charge >= 0.3 is 0 Å². The summed E-state index contributed by atoms with van der Waals surface area (Å²) in [5.41, 5.74) is 7.01. The van der Waals surface area contributed by atoms with E-state index in [1.165, 1.54) is 18.2 Å². The normalized spacial score (nSPS) is 10.2. The van der Waals surface area contributed by atoms with Gasteiger partial charge in [-0.1, -0.05) is 48.5 Å². The highest BCUT2D eigenvalue weighted by atomic mass is 16.6. The third-order valence-electron chi connectivity index (χ3n) is 3.93. The van der Waals surface area contributed by atoms with Crippen LogP contribution in [0.4, 0.5) is 17.1 Å². The fourth-order valence-electron chi connectivity index (χ4n) is 2.53. The number of benzene rings is 3. The van der Waals surface area contributed by atoms with Gasteiger partial charge in [-0.15, -0.1) is 0 Å². The number of nitro groups is 2. The maximum Gasteiger partial charge on any atom is 0.292 e. The summed E-state index contributed by atoms with van der Waals surface area (Å²) in [6.45, 7) is 2.50. The average molecular weight is 407 g/mol. The molecule has 0 saturated carbocycles. The molecule has 8 nitrogen and oxygen atoms in total. The molecule has 0 atom stereocenters. The monoisotopic (exact) mass is 407 g/mol. The molecule has 3 aromatic carbocycles. The number of nitro benzene ring substituents is 2. The van der Waals surface area contributed by atoms with E-state index in [1.54, 1.807) is 36.4 Å². The molecule has 0 radical (unpaired) electrons. The van der Waals surface area contributed by atoms with Crippen molar-refractivity contribution < 1.29 is 14.6 Å². The van der Waals surface area contributed by atoms with Gasteiger partial charge in [0.25, 0.3) is 11.4 Å². The van der Waals surface area contributed by atoms with Crippen LogP contribution < -0.4 is 10.5 Å². The van der Waals surface area contributed by atoms with Crippen LogP contribution in [0, 0.1) is 20.2 Å². The molecule has 0 heterocycles. The topological polar surface area (TPSA) is 122 Å². The van der Waals surface area contributed by atoms with Crippen LogP contribution in [0.2, 0.25) is 0 Å². The van der Waals surface area contributed by atoms with Gasteiger partial charge in [0.2, 0.25) is 0 Å². The number of ether oxygens (including phenoxy) is 1. The Morgan fingerprint density at radius 3 is 1.87 bits per heavy atom. The van der Waals surface area contributed by atoms with Crippen LogP contribution in [0.25, 0.3) is 12.2 Å². The van der Waals surface area contributed by atoms with Crippen LogP contribution in [0.3, 0.4) is 0 Å². The minimum atomic E-state index is -0.505. The number of nitrogens with two attached hydrogens (primary N) is 1. The summed E-state index contributed by atoms with van der Waals surface area (Å²) in [5, 5.41) is 21.1. The van der Waals surface area contributed by atoms with Crippen LogP contribution in [0.5, 0.6) is 5.75 Å². The fourth-order valence-corrected chi connectivity index (χ4v) is 2.53. The molecule has 2 N–H and O–H groups in total. The Labute approximate surface area is 173 Å². The molecule has 0 aliphatic heterocycles. The van der Waals surface area contributed by atoms with Crippen molar-refractivity contribution in [1.82, 2.24) is 0 Å². The highest BCUT2D eigenvalue weighted by molar-refractivity contribution is 5.76. The fraction of sp³-hybridized carbons (Fsp3) is 0.0909. The van der Waals surface area contributed by atoms with Crippen LogP contribution in [-0.4, -0.2) is 16.5 Å². The summed E-state index contributed by atoms with van der Waals surface area (Å²) in [6, 6.07) is 20.3. The zero-order valence-corrected chi connectivity index (χ0v) is 16.3. The maximum absolute atomic E-state index is 10.9. The SMILES string of the molecule is CCOc1ccccc1/C=C/c1ccccc1[N+](=O)[O-].Nc1ccccc1[N+](=O)[O-]. The number of nitrogens with zero attached hydrogens (tertiary/aromatic N) is 2. The molecule has 154 valence electrons.